The highest BCUT2D eigenvalue weighted by molar-refractivity contribution is 6.31. The summed E-state index contributed by atoms with van der Waals surface area (Å²) in [5, 5.41) is 3.01. The molecule has 1 atom stereocenters. The maximum atomic E-state index is 12.8. The molecule has 1 aliphatic rings. The SMILES string of the molecule is C[C@H]1CNCCN1Cc1ccc(Cl)c(C(F)(F)F)c1. The predicted molar refractivity (Wildman–Crippen MR) is 69.2 cm³/mol. The van der Waals surface area contributed by atoms with Crippen LogP contribution in [0.4, 0.5) is 13.2 Å². The second-order valence-corrected chi connectivity index (χ2v) is 5.24. The van der Waals surface area contributed by atoms with E-state index in [4.69, 9.17) is 11.6 Å². The van der Waals surface area contributed by atoms with E-state index in [1.807, 2.05) is 0 Å². The van der Waals surface area contributed by atoms with Gasteiger partial charge in [-0.05, 0) is 24.6 Å². The van der Waals surface area contributed by atoms with E-state index in [0.717, 1.165) is 25.7 Å². The van der Waals surface area contributed by atoms with E-state index in [-0.39, 0.29) is 5.02 Å². The minimum atomic E-state index is -4.40. The van der Waals surface area contributed by atoms with Crippen molar-refractivity contribution in [3.8, 4) is 0 Å². The highest BCUT2D eigenvalue weighted by Gasteiger charge is 2.33. The van der Waals surface area contributed by atoms with E-state index < -0.39 is 11.7 Å². The topological polar surface area (TPSA) is 15.3 Å². The molecule has 2 nitrogen and oxygen atoms in total. The van der Waals surface area contributed by atoms with Crippen LogP contribution in [0.1, 0.15) is 18.1 Å². The summed E-state index contributed by atoms with van der Waals surface area (Å²) in [5.41, 5.74) is -0.111. The Hall–Kier alpha value is -0.780. The van der Waals surface area contributed by atoms with Crippen molar-refractivity contribution in [1.82, 2.24) is 10.2 Å². The van der Waals surface area contributed by atoms with Crippen molar-refractivity contribution >= 4 is 11.6 Å². The first-order valence-electron chi connectivity index (χ1n) is 6.18. The number of halogens is 4. The lowest BCUT2D eigenvalue weighted by atomic mass is 10.1. The van der Waals surface area contributed by atoms with Crippen LogP contribution < -0.4 is 5.32 Å². The molecule has 0 radical (unpaired) electrons. The maximum Gasteiger partial charge on any atom is 0.417 e. The molecule has 2 rings (SSSR count). The summed E-state index contributed by atoms with van der Waals surface area (Å²) in [4.78, 5) is 2.17. The fourth-order valence-corrected chi connectivity index (χ4v) is 2.47. The van der Waals surface area contributed by atoms with Crippen molar-refractivity contribution < 1.29 is 13.2 Å². The van der Waals surface area contributed by atoms with Crippen molar-refractivity contribution in [3.05, 3.63) is 34.3 Å². The number of nitrogens with one attached hydrogen (secondary N) is 1. The van der Waals surface area contributed by atoms with E-state index in [1.54, 1.807) is 6.07 Å². The Morgan fingerprint density at radius 1 is 1.42 bits per heavy atom. The lowest BCUT2D eigenvalue weighted by Gasteiger charge is -2.34. The Labute approximate surface area is 115 Å². The van der Waals surface area contributed by atoms with Crippen LogP contribution in [0.5, 0.6) is 0 Å². The zero-order chi connectivity index (χ0) is 14.0. The van der Waals surface area contributed by atoms with Gasteiger partial charge in [0.25, 0.3) is 0 Å². The largest absolute Gasteiger partial charge is 0.417 e. The molecule has 1 saturated heterocycles. The summed E-state index contributed by atoms with van der Waals surface area (Å²) in [6, 6.07) is 4.45. The van der Waals surface area contributed by atoms with Crippen LogP contribution in [0.15, 0.2) is 18.2 Å². The summed E-state index contributed by atoms with van der Waals surface area (Å²) >= 11 is 5.61. The molecule has 1 aliphatic heterocycles. The Morgan fingerprint density at radius 2 is 2.16 bits per heavy atom. The fourth-order valence-electron chi connectivity index (χ4n) is 2.24. The highest BCUT2D eigenvalue weighted by Crippen LogP contribution is 2.35. The molecule has 1 fully saturated rings. The Kier molecular flexibility index (Phi) is 4.38. The second kappa shape index (κ2) is 5.69. The van der Waals surface area contributed by atoms with E-state index in [9.17, 15) is 13.2 Å². The van der Waals surface area contributed by atoms with Crippen molar-refractivity contribution in [2.45, 2.75) is 25.7 Å². The molecule has 0 saturated carbocycles. The van der Waals surface area contributed by atoms with Gasteiger partial charge in [0.2, 0.25) is 0 Å². The summed E-state index contributed by atoms with van der Waals surface area (Å²) in [5.74, 6) is 0. The molecule has 1 heterocycles. The number of hydrogen-bond acceptors (Lipinski definition) is 2. The first-order valence-corrected chi connectivity index (χ1v) is 6.56. The van der Waals surface area contributed by atoms with Crippen molar-refractivity contribution in [1.29, 1.82) is 0 Å². The monoisotopic (exact) mass is 292 g/mol. The summed E-state index contributed by atoms with van der Waals surface area (Å²) < 4.78 is 38.3. The first-order chi connectivity index (χ1) is 8.88. The van der Waals surface area contributed by atoms with Gasteiger partial charge < -0.3 is 5.32 Å². The molecule has 1 aromatic carbocycles. The number of nitrogens with zero attached hydrogens (tertiary/aromatic N) is 1. The van der Waals surface area contributed by atoms with Crippen LogP contribution in [0, 0.1) is 0 Å². The molecule has 0 amide bonds. The average Bonchev–Trinajstić information content (AvgIpc) is 2.33. The van der Waals surface area contributed by atoms with E-state index >= 15 is 0 Å². The van der Waals surface area contributed by atoms with Crippen molar-refractivity contribution in [3.63, 3.8) is 0 Å². The molecule has 6 heteroatoms. The maximum absolute atomic E-state index is 12.8. The molecule has 1 aromatic rings. The molecule has 0 unspecified atom stereocenters. The summed E-state index contributed by atoms with van der Waals surface area (Å²) in [6.07, 6.45) is -4.40. The zero-order valence-corrected chi connectivity index (χ0v) is 11.4. The van der Waals surface area contributed by atoms with Crippen molar-refractivity contribution in [2.75, 3.05) is 19.6 Å². The lowest BCUT2D eigenvalue weighted by Crippen LogP contribution is -2.49. The van der Waals surface area contributed by atoms with Gasteiger partial charge in [-0.1, -0.05) is 17.7 Å². The van der Waals surface area contributed by atoms with Gasteiger partial charge in [-0.25, -0.2) is 0 Å². The van der Waals surface area contributed by atoms with Crippen molar-refractivity contribution in [2.24, 2.45) is 0 Å². The number of hydrogen-bond donors (Lipinski definition) is 1. The van der Waals surface area contributed by atoms with Crippen LogP contribution >= 0.6 is 11.6 Å². The van der Waals surface area contributed by atoms with Gasteiger partial charge in [0.1, 0.15) is 0 Å². The quantitative estimate of drug-likeness (QED) is 0.901. The third-order valence-corrected chi connectivity index (χ3v) is 3.69. The Bertz CT molecular complexity index is 448. The van der Waals surface area contributed by atoms with Gasteiger partial charge in [0.05, 0.1) is 10.6 Å². The van der Waals surface area contributed by atoms with Gasteiger partial charge in [-0.3, -0.25) is 4.90 Å². The number of rotatable bonds is 2. The Balaban J connectivity index is 2.17. The third kappa shape index (κ3) is 3.61. The van der Waals surface area contributed by atoms with Gasteiger partial charge in [0, 0.05) is 32.2 Å². The number of alkyl halides is 3. The van der Waals surface area contributed by atoms with Gasteiger partial charge in [-0.15, -0.1) is 0 Å². The molecule has 106 valence electrons. The summed E-state index contributed by atoms with van der Waals surface area (Å²) in [6.45, 7) is 5.14. The molecule has 19 heavy (non-hydrogen) atoms. The average molecular weight is 293 g/mol. The van der Waals surface area contributed by atoms with E-state index in [1.165, 1.54) is 6.07 Å². The normalized spacial score (nSPS) is 21.6. The van der Waals surface area contributed by atoms with Crippen LogP contribution in [0.2, 0.25) is 5.02 Å². The fraction of sp³-hybridized carbons (Fsp3) is 0.538. The lowest BCUT2D eigenvalue weighted by molar-refractivity contribution is -0.137. The van der Waals surface area contributed by atoms with Crippen LogP contribution in [-0.2, 0) is 12.7 Å². The molecular formula is C13H16ClF3N2. The van der Waals surface area contributed by atoms with E-state index in [2.05, 4.69) is 17.1 Å². The molecule has 0 aromatic heterocycles. The molecule has 0 bridgehead atoms. The minimum Gasteiger partial charge on any atom is -0.314 e. The minimum absolute atomic E-state index is 0.246. The standard InChI is InChI=1S/C13H16ClF3N2/c1-9-7-18-4-5-19(9)8-10-2-3-12(14)11(6-10)13(15,16)17/h2-3,6,9,18H,4-5,7-8H2,1H3/t9-/m0/s1. The van der Waals surface area contributed by atoms with Gasteiger partial charge in [-0.2, -0.15) is 13.2 Å². The Morgan fingerprint density at radius 3 is 2.79 bits per heavy atom. The molecule has 0 spiro atoms. The van der Waals surface area contributed by atoms with Crippen LogP contribution in [-0.4, -0.2) is 30.6 Å². The molecular weight excluding hydrogens is 277 g/mol. The number of piperazine rings is 1. The zero-order valence-electron chi connectivity index (χ0n) is 10.6. The van der Waals surface area contributed by atoms with Crippen LogP contribution in [0.25, 0.3) is 0 Å². The first kappa shape index (κ1) is 14.6. The van der Waals surface area contributed by atoms with Gasteiger partial charge in [0.15, 0.2) is 0 Å². The van der Waals surface area contributed by atoms with Gasteiger partial charge >= 0.3 is 6.18 Å². The predicted octanol–water partition coefficient (Wildman–Crippen LogP) is 3.15. The highest BCUT2D eigenvalue weighted by atomic mass is 35.5. The van der Waals surface area contributed by atoms with Crippen LogP contribution in [0.3, 0.4) is 0 Å². The molecule has 1 N–H and O–H groups in total. The number of benzene rings is 1. The molecule has 0 aliphatic carbocycles. The smallest absolute Gasteiger partial charge is 0.314 e. The second-order valence-electron chi connectivity index (χ2n) is 4.84. The third-order valence-electron chi connectivity index (χ3n) is 3.36. The van der Waals surface area contributed by atoms with E-state index in [0.29, 0.717) is 18.2 Å². The summed E-state index contributed by atoms with van der Waals surface area (Å²) in [7, 11) is 0.